The average molecular weight is 372 g/mol. The number of aliphatic imine (C=N–C) groups is 2. The fourth-order valence-electron chi connectivity index (χ4n) is 3.96. The van der Waals surface area contributed by atoms with Gasteiger partial charge in [-0.3, -0.25) is 0 Å². The number of para-hydroxylation sites is 1. The summed E-state index contributed by atoms with van der Waals surface area (Å²) in [5, 5.41) is 0. The Morgan fingerprint density at radius 2 is 1.85 bits per heavy atom. The van der Waals surface area contributed by atoms with E-state index < -0.39 is 0 Å². The Labute approximate surface area is 160 Å². The lowest BCUT2D eigenvalue weighted by Crippen LogP contribution is -2.39. The molecule has 0 amide bonds. The van der Waals surface area contributed by atoms with Crippen LogP contribution in [0.3, 0.4) is 0 Å². The lowest BCUT2D eigenvalue weighted by Gasteiger charge is -2.44. The van der Waals surface area contributed by atoms with Gasteiger partial charge in [0.05, 0.1) is 19.2 Å². The molecule has 6 nitrogen and oxygen atoms in total. The largest absolute Gasteiger partial charge is 0.491 e. The average Bonchev–Trinajstić information content (AvgIpc) is 3.43. The van der Waals surface area contributed by atoms with E-state index >= 15 is 0 Å². The van der Waals surface area contributed by atoms with E-state index in [0.717, 1.165) is 31.6 Å². The Morgan fingerprint density at radius 1 is 1.15 bits per heavy atom. The van der Waals surface area contributed by atoms with Crippen LogP contribution in [0.15, 0.2) is 40.3 Å². The van der Waals surface area contributed by atoms with Gasteiger partial charge in [0.1, 0.15) is 18.5 Å². The maximum absolute atomic E-state index is 10.3. The molecule has 146 valence electrons. The van der Waals surface area contributed by atoms with Gasteiger partial charge in [0, 0.05) is 0 Å². The molecule has 1 aromatic rings. The summed E-state index contributed by atoms with van der Waals surface area (Å²) in [5.74, 6) is 0.919. The minimum absolute atomic E-state index is 0.00750. The van der Waals surface area contributed by atoms with E-state index in [2.05, 4.69) is 30.8 Å². The molecule has 0 bridgehead atoms. The van der Waals surface area contributed by atoms with Crippen LogP contribution in [0.25, 0.3) is 0 Å². The van der Waals surface area contributed by atoms with Crippen LogP contribution in [0.5, 0.6) is 5.75 Å². The van der Waals surface area contributed by atoms with Gasteiger partial charge in [0.25, 0.3) is 0 Å². The molecular weight excluding hydrogens is 344 g/mol. The van der Waals surface area contributed by atoms with Gasteiger partial charge in [-0.1, -0.05) is 39.0 Å². The highest BCUT2D eigenvalue weighted by Gasteiger charge is 2.41. The van der Waals surface area contributed by atoms with E-state index in [1.165, 1.54) is 0 Å². The normalized spacial score (nSPS) is 27.8. The highest BCUT2D eigenvalue weighted by Crippen LogP contribution is 2.47. The minimum atomic E-state index is -0.0653. The third-order valence-electron chi connectivity index (χ3n) is 4.76. The van der Waals surface area contributed by atoms with Crippen LogP contribution in [0.4, 0.5) is 0 Å². The summed E-state index contributed by atoms with van der Waals surface area (Å²) in [7, 11) is 0. The zero-order valence-corrected chi connectivity index (χ0v) is 16.3. The second-order valence-corrected chi connectivity index (χ2v) is 8.42. The van der Waals surface area contributed by atoms with Gasteiger partial charge in [0.15, 0.2) is 0 Å². The Hall–Kier alpha value is -2.26. The molecule has 3 atom stereocenters. The SMILES string of the molecule is CC1(C)CC(N=C=O)CC(C)(CN=C=O)C1.c1ccc(OCC2CO2)cc1. The predicted molar refractivity (Wildman–Crippen MR) is 102 cm³/mol. The minimum Gasteiger partial charge on any atom is -0.491 e. The number of benzene rings is 1. The van der Waals surface area contributed by atoms with Crippen molar-refractivity contribution in [1.29, 1.82) is 0 Å². The van der Waals surface area contributed by atoms with Crippen LogP contribution in [-0.2, 0) is 14.3 Å². The van der Waals surface area contributed by atoms with E-state index in [-0.39, 0.29) is 16.9 Å². The highest BCUT2D eigenvalue weighted by atomic mass is 16.6. The first-order chi connectivity index (χ1) is 12.9. The number of carbonyl (C=O) groups excluding carboxylic acids is 2. The van der Waals surface area contributed by atoms with Crippen molar-refractivity contribution in [3.63, 3.8) is 0 Å². The van der Waals surface area contributed by atoms with Crippen molar-refractivity contribution in [1.82, 2.24) is 0 Å². The number of rotatable bonds is 6. The van der Waals surface area contributed by atoms with E-state index in [1.54, 1.807) is 12.2 Å². The fraction of sp³-hybridized carbons (Fsp3) is 0.619. The molecule has 0 spiro atoms. The zero-order chi connectivity index (χ0) is 19.8. The Morgan fingerprint density at radius 3 is 2.44 bits per heavy atom. The summed E-state index contributed by atoms with van der Waals surface area (Å²) in [4.78, 5) is 28.0. The van der Waals surface area contributed by atoms with Crippen LogP contribution in [0.1, 0.15) is 40.0 Å². The number of epoxide rings is 1. The second kappa shape index (κ2) is 9.61. The molecule has 3 unspecified atom stereocenters. The molecule has 2 aliphatic rings. The second-order valence-electron chi connectivity index (χ2n) is 8.42. The van der Waals surface area contributed by atoms with Crippen LogP contribution in [0, 0.1) is 10.8 Å². The number of hydrogen-bond acceptors (Lipinski definition) is 6. The maximum Gasteiger partial charge on any atom is 0.235 e. The van der Waals surface area contributed by atoms with Crippen molar-refractivity contribution in [2.24, 2.45) is 20.8 Å². The van der Waals surface area contributed by atoms with E-state index in [9.17, 15) is 9.59 Å². The van der Waals surface area contributed by atoms with Crippen molar-refractivity contribution < 1.29 is 19.1 Å². The Balaban J connectivity index is 0.000000206. The summed E-state index contributed by atoms with van der Waals surface area (Å²) < 4.78 is 10.4. The molecule has 0 radical (unpaired) electrons. The topological polar surface area (TPSA) is 80.6 Å². The van der Waals surface area contributed by atoms with Crippen molar-refractivity contribution in [2.75, 3.05) is 19.8 Å². The molecule has 1 saturated heterocycles. The zero-order valence-electron chi connectivity index (χ0n) is 16.3. The predicted octanol–water partition coefficient (Wildman–Crippen LogP) is 3.71. The summed E-state index contributed by atoms with van der Waals surface area (Å²) in [6, 6.07) is 9.80. The van der Waals surface area contributed by atoms with Crippen LogP contribution >= 0.6 is 0 Å². The van der Waals surface area contributed by atoms with E-state index in [4.69, 9.17) is 9.47 Å². The molecule has 1 saturated carbocycles. The first kappa shape index (κ1) is 21.0. The van der Waals surface area contributed by atoms with Gasteiger partial charge in [-0.25, -0.2) is 19.6 Å². The first-order valence-electron chi connectivity index (χ1n) is 9.26. The molecular formula is C21H28N2O4. The van der Waals surface area contributed by atoms with Crippen molar-refractivity contribution >= 4 is 12.2 Å². The van der Waals surface area contributed by atoms with Crippen LogP contribution in [0.2, 0.25) is 0 Å². The summed E-state index contributed by atoms with van der Waals surface area (Å²) in [6.45, 7) is 8.40. The highest BCUT2D eigenvalue weighted by molar-refractivity contribution is 5.34. The van der Waals surface area contributed by atoms with Crippen molar-refractivity contribution in [2.45, 2.75) is 52.2 Å². The molecule has 6 heteroatoms. The van der Waals surface area contributed by atoms with Crippen molar-refractivity contribution in [3.05, 3.63) is 30.3 Å². The van der Waals surface area contributed by atoms with Gasteiger partial charge < -0.3 is 9.47 Å². The molecule has 1 aliphatic carbocycles. The Bertz CT molecular complexity index is 689. The third kappa shape index (κ3) is 7.88. The summed E-state index contributed by atoms with van der Waals surface area (Å²) in [6.07, 6.45) is 6.22. The molecule has 1 aromatic carbocycles. The van der Waals surface area contributed by atoms with Gasteiger partial charge in [0.2, 0.25) is 12.2 Å². The van der Waals surface area contributed by atoms with Gasteiger partial charge in [-0.05, 0) is 42.2 Å². The standard InChI is InChI=1S/C12H18N2O2.C9H10O2/c1-11(2)4-10(14-9-16)5-12(3,6-11)7-13-8-15;1-2-4-8(5-3-1)10-6-9-7-11-9/h10H,4-7H2,1-3H3;1-5,9H,6-7H2. The van der Waals surface area contributed by atoms with Gasteiger partial charge in [-0.2, -0.15) is 0 Å². The van der Waals surface area contributed by atoms with Gasteiger partial charge in [-0.15, -0.1) is 0 Å². The molecule has 3 rings (SSSR count). The fourth-order valence-corrected chi connectivity index (χ4v) is 3.96. The van der Waals surface area contributed by atoms with E-state index in [0.29, 0.717) is 19.3 Å². The lowest BCUT2D eigenvalue weighted by atomic mass is 9.63. The van der Waals surface area contributed by atoms with Gasteiger partial charge >= 0.3 is 0 Å². The number of ether oxygens (including phenoxy) is 2. The smallest absolute Gasteiger partial charge is 0.235 e. The summed E-state index contributed by atoms with van der Waals surface area (Å²) >= 11 is 0. The third-order valence-corrected chi connectivity index (χ3v) is 4.76. The van der Waals surface area contributed by atoms with Crippen LogP contribution in [-0.4, -0.2) is 44.1 Å². The molecule has 0 N–H and O–H groups in total. The molecule has 2 fully saturated rings. The number of nitrogens with zero attached hydrogens (tertiary/aromatic N) is 2. The van der Waals surface area contributed by atoms with Crippen molar-refractivity contribution in [3.8, 4) is 5.75 Å². The maximum atomic E-state index is 10.3. The molecule has 1 heterocycles. The monoisotopic (exact) mass is 372 g/mol. The van der Waals surface area contributed by atoms with Crippen LogP contribution < -0.4 is 4.74 Å². The lowest BCUT2D eigenvalue weighted by molar-refractivity contribution is 0.0915. The number of hydrogen-bond donors (Lipinski definition) is 0. The summed E-state index contributed by atoms with van der Waals surface area (Å²) in [5.41, 5.74) is 0.0561. The quantitative estimate of drug-likeness (QED) is 0.433. The van der Waals surface area contributed by atoms with E-state index in [1.807, 2.05) is 30.3 Å². The molecule has 27 heavy (non-hydrogen) atoms. The Kier molecular flexibility index (Phi) is 7.49. The first-order valence-corrected chi connectivity index (χ1v) is 9.26. The number of isocyanates is 2. The molecule has 1 aliphatic heterocycles. The molecule has 0 aromatic heterocycles.